The normalized spacial score (nSPS) is 10.6. The second-order valence-electron chi connectivity index (χ2n) is 3.51. The molecule has 2 rings (SSSR count). The number of aromatic nitrogens is 2. The molecule has 0 aliphatic carbocycles. The van der Waals surface area contributed by atoms with Crippen molar-refractivity contribution in [1.29, 1.82) is 0 Å². The minimum absolute atomic E-state index is 0.0301. The van der Waals surface area contributed by atoms with Gasteiger partial charge in [0.05, 0.1) is 21.7 Å². The highest BCUT2D eigenvalue weighted by molar-refractivity contribution is 5.96. The number of hydrogen-bond acceptors (Lipinski definition) is 5. The second-order valence-corrected chi connectivity index (χ2v) is 3.51. The van der Waals surface area contributed by atoms with Crippen LogP contribution in [0.5, 0.6) is 0 Å². The van der Waals surface area contributed by atoms with Crippen LogP contribution in [0.1, 0.15) is 0 Å². The van der Waals surface area contributed by atoms with Gasteiger partial charge in [-0.1, -0.05) is 0 Å². The summed E-state index contributed by atoms with van der Waals surface area (Å²) in [4.78, 5) is 0.351. The largest absolute Gasteiger partial charge is 0.561 e. The van der Waals surface area contributed by atoms with Crippen LogP contribution in [0.3, 0.4) is 0 Å². The zero-order valence-corrected chi connectivity index (χ0v) is 8.96. The van der Waals surface area contributed by atoms with Gasteiger partial charge in [0.15, 0.2) is 0 Å². The van der Waals surface area contributed by atoms with E-state index in [1.54, 1.807) is 6.07 Å². The summed E-state index contributed by atoms with van der Waals surface area (Å²) in [6.45, 7) is 0.321. The summed E-state index contributed by atoms with van der Waals surface area (Å²) in [5, 5.41) is 35.0. The molecule has 0 saturated heterocycles. The van der Waals surface area contributed by atoms with Gasteiger partial charge in [0, 0.05) is 18.3 Å². The molecule has 0 aliphatic rings. The Bertz CT molecular complexity index is 559. The number of nitrogen functional groups attached to an aromatic ring is 1. The third-order valence-corrected chi connectivity index (χ3v) is 2.41. The smallest absolute Gasteiger partial charge is 0.319 e. The van der Waals surface area contributed by atoms with Crippen LogP contribution in [0, 0.1) is 10.4 Å². The van der Waals surface area contributed by atoms with E-state index in [4.69, 9.17) is 10.8 Å². The molecule has 0 amide bonds. The number of benzene rings is 1. The first kappa shape index (κ1) is 11.2. The van der Waals surface area contributed by atoms with E-state index in [1.807, 2.05) is 0 Å². The van der Waals surface area contributed by atoms with Crippen molar-refractivity contribution in [3.05, 3.63) is 34.8 Å². The lowest BCUT2D eigenvalue weighted by Gasteiger charge is -2.08. The number of rotatable bonds is 3. The molecular weight excluding hydrogens is 224 g/mol. The second kappa shape index (κ2) is 4.30. The van der Waals surface area contributed by atoms with E-state index in [1.165, 1.54) is 12.1 Å². The summed E-state index contributed by atoms with van der Waals surface area (Å²) in [5.41, 5.74) is 6.67. The van der Waals surface area contributed by atoms with E-state index in [0.717, 1.165) is 6.20 Å². The van der Waals surface area contributed by atoms with Crippen LogP contribution in [0.2, 0.25) is 0 Å². The number of aliphatic hydroxyl groups is 1. The van der Waals surface area contributed by atoms with Gasteiger partial charge in [0.1, 0.15) is 5.69 Å². The Labute approximate surface area is 96.9 Å². The number of anilines is 2. The lowest BCUT2D eigenvalue weighted by molar-refractivity contribution is -1.18. The predicted octanol–water partition coefficient (Wildman–Crippen LogP) is -0.907. The van der Waals surface area contributed by atoms with Gasteiger partial charge in [-0.15, -0.1) is 0 Å². The summed E-state index contributed by atoms with van der Waals surface area (Å²) in [7, 11) is 0. The third-order valence-electron chi connectivity index (χ3n) is 2.41. The highest BCUT2D eigenvalue weighted by atomic mass is 16.6. The fourth-order valence-corrected chi connectivity index (χ4v) is 1.65. The Morgan fingerprint density at radius 3 is 2.76 bits per heavy atom. The molecule has 0 fully saturated rings. The van der Waals surface area contributed by atoms with E-state index in [9.17, 15) is 10.4 Å². The van der Waals surface area contributed by atoms with E-state index >= 15 is 0 Å². The molecule has 2 aromatic rings. The molecular formula is C10H12N4O3. The standard InChI is InChI=1S/C10H12N4O3/c11-8-1-2-9(12-4-6-15)7-3-5-13(16)14(17)10(7)8/h1-3,5,12,15H,4,6,11H2. The topological polar surface area (TPSA) is 112 Å². The molecule has 0 spiro atoms. The molecule has 0 radical (unpaired) electrons. The molecule has 4 N–H and O–H groups in total. The maximum absolute atomic E-state index is 11.6. The Kier molecular flexibility index (Phi) is 2.84. The molecule has 7 heteroatoms. The SMILES string of the molecule is Nc1ccc(NCCO)c2cc[n+]([O-])[n+]([O-])c12. The lowest BCUT2D eigenvalue weighted by Crippen LogP contribution is -2.60. The van der Waals surface area contributed by atoms with Crippen LogP contribution in [0.4, 0.5) is 11.4 Å². The van der Waals surface area contributed by atoms with E-state index in [2.05, 4.69) is 5.32 Å². The van der Waals surface area contributed by atoms with Crippen LogP contribution in [0.15, 0.2) is 24.4 Å². The van der Waals surface area contributed by atoms with Gasteiger partial charge in [-0.3, -0.25) is 0 Å². The Hall–Kier alpha value is -2.28. The first-order valence-electron chi connectivity index (χ1n) is 5.04. The minimum Gasteiger partial charge on any atom is -0.561 e. The van der Waals surface area contributed by atoms with Crippen LogP contribution in [0.25, 0.3) is 10.9 Å². The van der Waals surface area contributed by atoms with Crippen molar-refractivity contribution in [3.8, 4) is 0 Å². The van der Waals surface area contributed by atoms with Gasteiger partial charge < -0.3 is 26.6 Å². The molecule has 1 aromatic heterocycles. The van der Waals surface area contributed by atoms with Crippen molar-refractivity contribution in [2.24, 2.45) is 0 Å². The Morgan fingerprint density at radius 1 is 1.29 bits per heavy atom. The maximum atomic E-state index is 11.6. The number of aliphatic hydroxyl groups excluding tert-OH is 1. The first-order valence-corrected chi connectivity index (χ1v) is 5.04. The average Bonchev–Trinajstić information content (AvgIpc) is 2.32. The van der Waals surface area contributed by atoms with Crippen molar-refractivity contribution >= 4 is 22.3 Å². The number of fused-ring (bicyclic) bond motifs is 1. The number of hydrogen-bond donors (Lipinski definition) is 3. The van der Waals surface area contributed by atoms with Gasteiger partial charge in [-0.2, -0.15) is 0 Å². The van der Waals surface area contributed by atoms with Crippen molar-refractivity contribution in [3.63, 3.8) is 0 Å². The summed E-state index contributed by atoms with van der Waals surface area (Å²) < 4.78 is 0. The quantitative estimate of drug-likeness (QED) is 0.363. The molecule has 1 heterocycles. The summed E-state index contributed by atoms with van der Waals surface area (Å²) in [5.74, 6) is 0. The predicted molar refractivity (Wildman–Crippen MR) is 61.9 cm³/mol. The number of nitrogens with one attached hydrogen (secondary N) is 1. The Balaban J connectivity index is 2.65. The maximum Gasteiger partial charge on any atom is 0.319 e. The van der Waals surface area contributed by atoms with Gasteiger partial charge in [0.25, 0.3) is 6.20 Å². The van der Waals surface area contributed by atoms with Gasteiger partial charge >= 0.3 is 5.52 Å². The fourth-order valence-electron chi connectivity index (χ4n) is 1.65. The van der Waals surface area contributed by atoms with Crippen molar-refractivity contribution in [1.82, 2.24) is 0 Å². The molecule has 0 atom stereocenters. The van der Waals surface area contributed by atoms with Gasteiger partial charge in [-0.05, 0) is 12.1 Å². The molecule has 1 aromatic carbocycles. The average molecular weight is 236 g/mol. The van der Waals surface area contributed by atoms with Crippen molar-refractivity contribution < 1.29 is 14.8 Å². The van der Waals surface area contributed by atoms with Crippen LogP contribution < -0.4 is 20.7 Å². The number of nitrogens with two attached hydrogens (primary N) is 1. The summed E-state index contributed by atoms with van der Waals surface area (Å²) >= 11 is 0. The van der Waals surface area contributed by atoms with Crippen molar-refractivity contribution in [2.75, 3.05) is 24.2 Å². The molecule has 0 bridgehead atoms. The van der Waals surface area contributed by atoms with Crippen LogP contribution in [-0.2, 0) is 0 Å². The monoisotopic (exact) mass is 236 g/mol. The van der Waals surface area contributed by atoms with Crippen LogP contribution in [-0.4, -0.2) is 18.3 Å². The zero-order valence-electron chi connectivity index (χ0n) is 8.96. The highest BCUT2D eigenvalue weighted by Crippen LogP contribution is 2.24. The molecule has 0 saturated carbocycles. The van der Waals surface area contributed by atoms with Gasteiger partial charge in [0.2, 0.25) is 0 Å². The third kappa shape index (κ3) is 1.87. The number of nitrogens with zero attached hydrogens (tertiary/aromatic N) is 2. The fraction of sp³-hybridized carbons (Fsp3) is 0.200. The molecule has 17 heavy (non-hydrogen) atoms. The molecule has 0 aliphatic heterocycles. The summed E-state index contributed by atoms with van der Waals surface area (Å²) in [6, 6.07) is 4.74. The minimum atomic E-state index is -0.0301. The first-order chi connectivity index (χ1) is 8.15. The van der Waals surface area contributed by atoms with Gasteiger partial charge in [-0.25, -0.2) is 0 Å². The molecule has 0 unspecified atom stereocenters. The summed E-state index contributed by atoms with van der Waals surface area (Å²) in [6.07, 6.45) is 1.11. The molecule has 7 nitrogen and oxygen atoms in total. The zero-order chi connectivity index (χ0) is 12.4. The van der Waals surface area contributed by atoms with Crippen LogP contribution >= 0.6 is 0 Å². The van der Waals surface area contributed by atoms with E-state index in [-0.39, 0.29) is 27.5 Å². The highest BCUT2D eigenvalue weighted by Gasteiger charge is 2.17. The molecule has 90 valence electrons. The van der Waals surface area contributed by atoms with E-state index in [0.29, 0.717) is 17.6 Å². The van der Waals surface area contributed by atoms with Crippen molar-refractivity contribution in [2.45, 2.75) is 0 Å². The van der Waals surface area contributed by atoms with E-state index < -0.39 is 0 Å². The Morgan fingerprint density at radius 2 is 2.06 bits per heavy atom. The lowest BCUT2D eigenvalue weighted by atomic mass is 10.1.